The van der Waals surface area contributed by atoms with Crippen LogP contribution in [0.5, 0.6) is 11.5 Å². The Labute approximate surface area is 147 Å². The maximum Gasteiger partial charge on any atom is 0.244 e. The van der Waals surface area contributed by atoms with Gasteiger partial charge in [0, 0.05) is 17.0 Å². The zero-order chi connectivity index (χ0) is 17.7. The highest BCUT2D eigenvalue weighted by atomic mass is 32.2. The molecule has 1 atom stereocenters. The van der Waals surface area contributed by atoms with Gasteiger partial charge in [-0.3, -0.25) is 0 Å². The highest BCUT2D eigenvalue weighted by molar-refractivity contribution is 7.98. The van der Waals surface area contributed by atoms with Crippen molar-refractivity contribution in [1.82, 2.24) is 4.72 Å². The second kappa shape index (κ2) is 7.92. The van der Waals surface area contributed by atoms with E-state index in [0.29, 0.717) is 5.75 Å². The van der Waals surface area contributed by atoms with Gasteiger partial charge < -0.3 is 9.47 Å². The van der Waals surface area contributed by atoms with Gasteiger partial charge in [0.1, 0.15) is 16.4 Å². The van der Waals surface area contributed by atoms with Crippen molar-refractivity contribution >= 4 is 21.8 Å². The molecule has 7 heteroatoms. The van der Waals surface area contributed by atoms with Crippen LogP contribution in [0.1, 0.15) is 18.5 Å². The van der Waals surface area contributed by atoms with Crippen LogP contribution in [0.2, 0.25) is 0 Å². The Morgan fingerprint density at radius 3 is 2.25 bits per heavy atom. The maximum absolute atomic E-state index is 12.7. The highest BCUT2D eigenvalue weighted by Gasteiger charge is 2.23. The minimum atomic E-state index is -3.76. The summed E-state index contributed by atoms with van der Waals surface area (Å²) in [5.74, 6) is 0.724. The minimum Gasteiger partial charge on any atom is -0.497 e. The molecule has 0 spiro atoms. The van der Waals surface area contributed by atoms with Crippen molar-refractivity contribution in [3.05, 3.63) is 48.0 Å². The summed E-state index contributed by atoms with van der Waals surface area (Å²) in [5.41, 5.74) is 0.887. The number of rotatable bonds is 7. The SMILES string of the molecule is COc1ccc(OC)c(S(=O)(=O)N[C@H](C)c2ccc(SC)cc2)c1. The molecule has 0 amide bonds. The molecular formula is C17H21NO4S2. The molecule has 0 heterocycles. The van der Waals surface area contributed by atoms with Crippen molar-refractivity contribution < 1.29 is 17.9 Å². The number of hydrogen-bond acceptors (Lipinski definition) is 5. The Morgan fingerprint density at radius 1 is 1.04 bits per heavy atom. The van der Waals surface area contributed by atoms with Gasteiger partial charge in [0.05, 0.1) is 14.2 Å². The van der Waals surface area contributed by atoms with Crippen molar-refractivity contribution in [2.75, 3.05) is 20.5 Å². The molecule has 24 heavy (non-hydrogen) atoms. The number of hydrogen-bond donors (Lipinski definition) is 1. The summed E-state index contributed by atoms with van der Waals surface area (Å²) >= 11 is 1.64. The fourth-order valence-electron chi connectivity index (χ4n) is 2.25. The van der Waals surface area contributed by atoms with Crippen molar-refractivity contribution in [3.8, 4) is 11.5 Å². The lowest BCUT2D eigenvalue weighted by Crippen LogP contribution is -2.27. The predicted molar refractivity (Wildman–Crippen MR) is 96.5 cm³/mol. The average Bonchev–Trinajstić information content (AvgIpc) is 2.60. The van der Waals surface area contributed by atoms with Crippen LogP contribution in [0.25, 0.3) is 0 Å². The number of sulfonamides is 1. The zero-order valence-corrected chi connectivity index (χ0v) is 15.7. The summed E-state index contributed by atoms with van der Waals surface area (Å²) < 4.78 is 38.4. The molecule has 5 nitrogen and oxygen atoms in total. The third-order valence-electron chi connectivity index (χ3n) is 3.61. The first-order valence-corrected chi connectivity index (χ1v) is 10.0. The molecular weight excluding hydrogens is 346 g/mol. The molecule has 0 radical (unpaired) electrons. The molecule has 1 N–H and O–H groups in total. The summed E-state index contributed by atoms with van der Waals surface area (Å²) in [7, 11) is -0.835. The Balaban J connectivity index is 2.29. The Kier molecular flexibility index (Phi) is 6.15. The third kappa shape index (κ3) is 4.23. The van der Waals surface area contributed by atoms with Gasteiger partial charge in [-0.15, -0.1) is 11.8 Å². The lowest BCUT2D eigenvalue weighted by atomic mass is 10.1. The molecule has 130 valence electrons. The van der Waals surface area contributed by atoms with E-state index in [9.17, 15) is 8.42 Å². The Morgan fingerprint density at radius 2 is 1.71 bits per heavy atom. The summed E-state index contributed by atoms with van der Waals surface area (Å²) in [6.45, 7) is 1.80. The number of nitrogens with one attached hydrogen (secondary N) is 1. The molecule has 0 saturated carbocycles. The van der Waals surface area contributed by atoms with E-state index < -0.39 is 10.0 Å². The predicted octanol–water partition coefficient (Wildman–Crippen LogP) is 3.47. The fraction of sp³-hybridized carbons (Fsp3) is 0.294. The van der Waals surface area contributed by atoms with Gasteiger partial charge in [0.25, 0.3) is 0 Å². The van der Waals surface area contributed by atoms with Gasteiger partial charge in [-0.25, -0.2) is 13.1 Å². The monoisotopic (exact) mass is 367 g/mol. The van der Waals surface area contributed by atoms with Crippen molar-refractivity contribution in [2.45, 2.75) is 22.8 Å². The van der Waals surface area contributed by atoms with E-state index in [2.05, 4.69) is 4.72 Å². The standard InChI is InChI=1S/C17H21NO4S2/c1-12(13-5-8-15(23-4)9-6-13)18-24(19,20)17-11-14(21-2)7-10-16(17)22-3/h5-12,18H,1-4H3/t12-/m1/s1. The molecule has 0 fully saturated rings. The van der Waals surface area contributed by atoms with E-state index >= 15 is 0 Å². The molecule has 0 unspecified atom stereocenters. The quantitative estimate of drug-likeness (QED) is 0.759. The number of methoxy groups -OCH3 is 2. The van der Waals surface area contributed by atoms with Crippen molar-refractivity contribution in [3.63, 3.8) is 0 Å². The molecule has 0 bridgehead atoms. The van der Waals surface area contributed by atoms with Crippen LogP contribution in [0.3, 0.4) is 0 Å². The van der Waals surface area contributed by atoms with Crippen LogP contribution in [-0.4, -0.2) is 28.9 Å². The van der Waals surface area contributed by atoms with E-state index in [0.717, 1.165) is 10.5 Å². The van der Waals surface area contributed by atoms with Gasteiger partial charge in [-0.05, 0) is 43.0 Å². The van der Waals surface area contributed by atoms with Crippen molar-refractivity contribution in [2.24, 2.45) is 0 Å². The van der Waals surface area contributed by atoms with Crippen LogP contribution in [0.4, 0.5) is 0 Å². The zero-order valence-electron chi connectivity index (χ0n) is 14.1. The van der Waals surface area contributed by atoms with Gasteiger partial charge in [-0.1, -0.05) is 12.1 Å². The molecule has 0 aliphatic rings. The Hall–Kier alpha value is -1.70. The highest BCUT2D eigenvalue weighted by Crippen LogP contribution is 2.29. The van der Waals surface area contributed by atoms with E-state index in [-0.39, 0.29) is 16.7 Å². The van der Waals surface area contributed by atoms with Crippen LogP contribution in [0.15, 0.2) is 52.3 Å². The minimum absolute atomic E-state index is 0.0527. The number of ether oxygens (including phenoxy) is 2. The number of benzene rings is 2. The molecule has 2 rings (SSSR count). The van der Waals surface area contributed by atoms with Crippen LogP contribution in [0, 0.1) is 0 Å². The first kappa shape index (κ1) is 18.6. The van der Waals surface area contributed by atoms with E-state index in [1.165, 1.54) is 20.3 Å². The largest absolute Gasteiger partial charge is 0.497 e. The molecule has 0 aliphatic heterocycles. The second-order valence-corrected chi connectivity index (χ2v) is 7.69. The van der Waals surface area contributed by atoms with E-state index in [4.69, 9.17) is 9.47 Å². The molecule has 0 aliphatic carbocycles. The fourth-order valence-corrected chi connectivity index (χ4v) is 4.08. The molecule has 2 aromatic rings. The van der Waals surface area contributed by atoms with Crippen LogP contribution in [-0.2, 0) is 10.0 Å². The lowest BCUT2D eigenvalue weighted by Gasteiger charge is -2.17. The molecule has 2 aromatic carbocycles. The summed E-state index contributed by atoms with van der Waals surface area (Å²) in [4.78, 5) is 1.18. The van der Waals surface area contributed by atoms with Crippen LogP contribution < -0.4 is 14.2 Å². The van der Waals surface area contributed by atoms with Crippen LogP contribution >= 0.6 is 11.8 Å². The van der Waals surface area contributed by atoms with Gasteiger partial charge >= 0.3 is 0 Å². The van der Waals surface area contributed by atoms with Gasteiger partial charge in [0.2, 0.25) is 10.0 Å². The Bertz CT molecular complexity index is 789. The normalized spacial score (nSPS) is 12.7. The van der Waals surface area contributed by atoms with E-state index in [1.54, 1.807) is 30.8 Å². The lowest BCUT2D eigenvalue weighted by molar-refractivity contribution is 0.391. The second-order valence-electron chi connectivity index (χ2n) is 5.13. The first-order valence-electron chi connectivity index (χ1n) is 7.29. The average molecular weight is 367 g/mol. The third-order valence-corrected chi connectivity index (χ3v) is 5.91. The van der Waals surface area contributed by atoms with Gasteiger partial charge in [0.15, 0.2) is 0 Å². The molecule has 0 saturated heterocycles. The first-order chi connectivity index (χ1) is 11.4. The maximum atomic E-state index is 12.7. The molecule has 0 aromatic heterocycles. The van der Waals surface area contributed by atoms with Crippen molar-refractivity contribution in [1.29, 1.82) is 0 Å². The summed E-state index contributed by atoms with van der Waals surface area (Å²) in [5, 5.41) is 0. The number of thioether (sulfide) groups is 1. The van der Waals surface area contributed by atoms with Gasteiger partial charge in [-0.2, -0.15) is 0 Å². The smallest absolute Gasteiger partial charge is 0.244 e. The topological polar surface area (TPSA) is 64.6 Å². The summed E-state index contributed by atoms with van der Waals surface area (Å²) in [6, 6.07) is 12.1. The van der Waals surface area contributed by atoms with E-state index in [1.807, 2.05) is 30.5 Å². The summed E-state index contributed by atoms with van der Waals surface area (Å²) in [6.07, 6.45) is 2.00.